The number of hydrogen-bond acceptors (Lipinski definition) is 6. The van der Waals surface area contributed by atoms with Crippen LogP contribution in [0.3, 0.4) is 0 Å². The number of aryl methyl sites for hydroxylation is 1. The molecule has 0 saturated heterocycles. The number of amides is 1. The zero-order chi connectivity index (χ0) is 21.8. The summed E-state index contributed by atoms with van der Waals surface area (Å²) in [5.74, 6) is 0.279. The second-order valence-electron chi connectivity index (χ2n) is 8.43. The molecule has 1 N–H and O–H groups in total. The summed E-state index contributed by atoms with van der Waals surface area (Å²) in [6.07, 6.45) is 7.91. The maximum absolute atomic E-state index is 13.3. The predicted molar refractivity (Wildman–Crippen MR) is 114 cm³/mol. The maximum atomic E-state index is 13.3. The van der Waals surface area contributed by atoms with E-state index in [-0.39, 0.29) is 4.90 Å². The number of nitrogens with zero attached hydrogens (tertiary/aromatic N) is 3. The summed E-state index contributed by atoms with van der Waals surface area (Å²) in [4.78, 5) is 17.8. The molecule has 0 radical (unpaired) electrons. The highest BCUT2D eigenvalue weighted by Gasteiger charge is 2.54. The van der Waals surface area contributed by atoms with Gasteiger partial charge in [-0.15, -0.1) is 0 Å². The summed E-state index contributed by atoms with van der Waals surface area (Å²) in [5.41, 5.74) is 1.28. The van der Waals surface area contributed by atoms with Crippen molar-refractivity contribution in [2.75, 3.05) is 7.11 Å². The fourth-order valence-corrected chi connectivity index (χ4v) is 5.68. The number of nitrogens with one attached hydrogen (secondary N) is 1. The molecule has 5 rings (SSSR count). The van der Waals surface area contributed by atoms with Crippen LogP contribution in [-0.4, -0.2) is 36.2 Å². The summed E-state index contributed by atoms with van der Waals surface area (Å²) < 4.78 is 35.6. The molecule has 31 heavy (non-hydrogen) atoms. The molecule has 3 aromatic rings. The Kier molecular flexibility index (Phi) is 4.55. The third-order valence-corrected chi connectivity index (χ3v) is 7.95. The third kappa shape index (κ3) is 3.18. The predicted octanol–water partition coefficient (Wildman–Crippen LogP) is 2.78. The van der Waals surface area contributed by atoms with Crippen LogP contribution in [0, 0.1) is 0 Å². The molecule has 2 fully saturated rings. The minimum Gasteiger partial charge on any atom is -0.481 e. The van der Waals surface area contributed by atoms with Gasteiger partial charge in [0.25, 0.3) is 10.0 Å². The molecule has 162 valence electrons. The van der Waals surface area contributed by atoms with E-state index in [4.69, 9.17) is 4.74 Å². The van der Waals surface area contributed by atoms with Gasteiger partial charge in [-0.1, -0.05) is 18.6 Å². The van der Waals surface area contributed by atoms with Crippen LogP contribution in [0.25, 0.3) is 10.9 Å². The Morgan fingerprint density at radius 3 is 2.68 bits per heavy atom. The fraction of sp³-hybridized carbons (Fsp3) is 0.409. The Hall–Kier alpha value is -2.94. The Labute approximate surface area is 180 Å². The third-order valence-electron chi connectivity index (χ3n) is 6.58. The first-order chi connectivity index (χ1) is 14.9. The zero-order valence-electron chi connectivity index (χ0n) is 17.5. The number of rotatable bonds is 6. The molecule has 1 aromatic carbocycles. The second-order valence-corrected chi connectivity index (χ2v) is 10.1. The van der Waals surface area contributed by atoms with Gasteiger partial charge >= 0.3 is 0 Å². The number of aromatic nitrogens is 3. The molecule has 2 saturated carbocycles. The van der Waals surface area contributed by atoms with Gasteiger partial charge < -0.3 is 4.74 Å². The van der Waals surface area contributed by atoms with Crippen molar-refractivity contribution in [3.05, 3.63) is 47.8 Å². The van der Waals surface area contributed by atoms with Gasteiger partial charge in [-0.3, -0.25) is 9.48 Å². The first-order valence-corrected chi connectivity index (χ1v) is 11.9. The van der Waals surface area contributed by atoms with Crippen LogP contribution < -0.4 is 9.46 Å². The van der Waals surface area contributed by atoms with E-state index in [1.54, 1.807) is 31.6 Å². The Morgan fingerprint density at radius 2 is 2.03 bits per heavy atom. The van der Waals surface area contributed by atoms with E-state index in [0.29, 0.717) is 41.1 Å². The molecule has 2 aromatic heterocycles. The van der Waals surface area contributed by atoms with E-state index in [2.05, 4.69) is 14.8 Å². The number of sulfonamides is 1. The standard InChI is InChI=1S/C22H24N4O4S/c1-26-19-15(13-24-26)7-4-8-18(19)31(28,29)25-21(27)22(9-10-22)17-11-16(14-5-3-6-14)12-23-20(17)30-2/h4,7-8,11-14H,3,5-6,9-10H2,1-2H3,(H,25,27). The Bertz CT molecular complexity index is 1290. The van der Waals surface area contributed by atoms with Gasteiger partial charge in [0.2, 0.25) is 11.8 Å². The monoisotopic (exact) mass is 440 g/mol. The number of hydrogen-bond donors (Lipinski definition) is 1. The minimum atomic E-state index is -4.09. The molecular formula is C22H24N4O4S. The smallest absolute Gasteiger partial charge is 0.266 e. The molecule has 2 aliphatic rings. The zero-order valence-corrected chi connectivity index (χ0v) is 18.3. The van der Waals surface area contributed by atoms with E-state index in [1.807, 2.05) is 6.07 Å². The number of para-hydroxylation sites is 1. The number of fused-ring (bicyclic) bond motifs is 1. The molecule has 0 atom stereocenters. The quantitative estimate of drug-likeness (QED) is 0.632. The normalized spacial score (nSPS) is 17.9. The van der Waals surface area contributed by atoms with Gasteiger partial charge in [-0.05, 0) is 49.3 Å². The topological polar surface area (TPSA) is 103 Å². The van der Waals surface area contributed by atoms with Crippen molar-refractivity contribution in [2.24, 2.45) is 7.05 Å². The summed E-state index contributed by atoms with van der Waals surface area (Å²) in [6.45, 7) is 0. The average molecular weight is 441 g/mol. The van der Waals surface area contributed by atoms with Gasteiger partial charge in [0.1, 0.15) is 4.90 Å². The van der Waals surface area contributed by atoms with Crippen molar-refractivity contribution in [2.45, 2.75) is 48.3 Å². The highest BCUT2D eigenvalue weighted by Crippen LogP contribution is 2.52. The van der Waals surface area contributed by atoms with Crippen LogP contribution in [0.15, 0.2) is 41.6 Å². The van der Waals surface area contributed by atoms with E-state index in [1.165, 1.54) is 24.3 Å². The number of pyridine rings is 1. The van der Waals surface area contributed by atoms with Gasteiger partial charge in [0.05, 0.1) is 24.2 Å². The first-order valence-electron chi connectivity index (χ1n) is 10.4. The lowest BCUT2D eigenvalue weighted by Gasteiger charge is -2.27. The van der Waals surface area contributed by atoms with Crippen molar-refractivity contribution in [1.82, 2.24) is 19.5 Å². The SMILES string of the molecule is COc1ncc(C2CCC2)cc1C1(C(=O)NS(=O)(=O)c2cccc3cnn(C)c23)CC1. The Balaban J connectivity index is 1.50. The summed E-state index contributed by atoms with van der Waals surface area (Å²) in [7, 11) is -0.900. The van der Waals surface area contributed by atoms with Crippen LogP contribution in [0.1, 0.15) is 49.1 Å². The number of ether oxygens (including phenoxy) is 1. The molecular weight excluding hydrogens is 416 g/mol. The summed E-state index contributed by atoms with van der Waals surface area (Å²) >= 11 is 0. The molecule has 9 heteroatoms. The van der Waals surface area contributed by atoms with Gasteiger partial charge in [-0.2, -0.15) is 5.10 Å². The highest BCUT2D eigenvalue weighted by molar-refractivity contribution is 7.90. The van der Waals surface area contributed by atoms with Crippen LogP contribution >= 0.6 is 0 Å². The maximum Gasteiger partial charge on any atom is 0.266 e. The van der Waals surface area contributed by atoms with Crippen molar-refractivity contribution >= 4 is 26.8 Å². The van der Waals surface area contributed by atoms with Gasteiger partial charge in [0, 0.05) is 24.2 Å². The van der Waals surface area contributed by atoms with Crippen molar-refractivity contribution in [1.29, 1.82) is 0 Å². The van der Waals surface area contributed by atoms with Gasteiger partial charge in [0.15, 0.2) is 0 Å². The second kappa shape index (κ2) is 7.05. The molecule has 2 aliphatic carbocycles. The molecule has 1 amide bonds. The lowest BCUT2D eigenvalue weighted by molar-refractivity contribution is -0.121. The van der Waals surface area contributed by atoms with Crippen LogP contribution in [-0.2, 0) is 27.3 Å². The largest absolute Gasteiger partial charge is 0.481 e. The first kappa shape index (κ1) is 20.0. The highest BCUT2D eigenvalue weighted by atomic mass is 32.2. The van der Waals surface area contributed by atoms with Crippen LogP contribution in [0.2, 0.25) is 0 Å². The summed E-state index contributed by atoms with van der Waals surface area (Å²) in [6, 6.07) is 6.90. The number of benzene rings is 1. The lowest BCUT2D eigenvalue weighted by Crippen LogP contribution is -2.39. The average Bonchev–Trinajstić information content (AvgIpc) is 3.44. The van der Waals surface area contributed by atoms with Crippen molar-refractivity contribution < 1.29 is 17.9 Å². The lowest BCUT2D eigenvalue weighted by atomic mass is 9.79. The van der Waals surface area contributed by atoms with Gasteiger partial charge in [-0.25, -0.2) is 18.1 Å². The fourth-order valence-electron chi connectivity index (χ4n) is 4.37. The van der Waals surface area contributed by atoms with Crippen LogP contribution in [0.5, 0.6) is 5.88 Å². The number of carbonyl (C=O) groups is 1. The Morgan fingerprint density at radius 1 is 1.26 bits per heavy atom. The van der Waals surface area contributed by atoms with Crippen molar-refractivity contribution in [3.63, 3.8) is 0 Å². The van der Waals surface area contributed by atoms with Crippen LogP contribution in [0.4, 0.5) is 0 Å². The van der Waals surface area contributed by atoms with Crippen molar-refractivity contribution in [3.8, 4) is 5.88 Å². The molecule has 0 spiro atoms. The van der Waals surface area contributed by atoms with E-state index in [0.717, 1.165) is 18.4 Å². The van der Waals surface area contributed by atoms with E-state index >= 15 is 0 Å². The molecule has 0 aliphatic heterocycles. The molecule has 0 bridgehead atoms. The van der Waals surface area contributed by atoms with E-state index in [9.17, 15) is 13.2 Å². The number of methoxy groups -OCH3 is 1. The minimum absolute atomic E-state index is 0.0301. The summed E-state index contributed by atoms with van der Waals surface area (Å²) in [5, 5.41) is 4.83. The molecule has 0 unspecified atom stereocenters. The number of carbonyl (C=O) groups excluding carboxylic acids is 1. The molecule has 2 heterocycles. The molecule has 8 nitrogen and oxygen atoms in total. The van der Waals surface area contributed by atoms with E-state index < -0.39 is 21.3 Å².